The Morgan fingerprint density at radius 2 is 2.31 bits per heavy atom. The van der Waals surface area contributed by atoms with Gasteiger partial charge in [0.1, 0.15) is 6.10 Å². The molecule has 0 spiro atoms. The van der Waals surface area contributed by atoms with Gasteiger partial charge in [0.2, 0.25) is 0 Å². The number of ether oxygens (including phenoxy) is 2. The van der Waals surface area contributed by atoms with Gasteiger partial charge in [-0.25, -0.2) is 0 Å². The molecule has 1 aliphatic rings. The van der Waals surface area contributed by atoms with Crippen LogP contribution in [0.1, 0.15) is 26.2 Å². The normalized spacial score (nSPS) is 26.2. The average molecular weight is 186 g/mol. The lowest BCUT2D eigenvalue weighted by atomic mass is 9.90. The van der Waals surface area contributed by atoms with E-state index >= 15 is 0 Å². The molecule has 1 aliphatic heterocycles. The molecule has 0 aliphatic carbocycles. The van der Waals surface area contributed by atoms with Crippen molar-refractivity contribution in [3.63, 3.8) is 0 Å². The first-order valence-corrected chi connectivity index (χ1v) is 4.46. The smallest absolute Gasteiger partial charge is 0.313 e. The fraction of sp³-hybridized carbons (Fsp3) is 0.778. The number of methoxy groups -OCH3 is 1. The van der Waals surface area contributed by atoms with E-state index in [1.165, 1.54) is 7.11 Å². The number of hydrogen-bond donors (Lipinski definition) is 0. The van der Waals surface area contributed by atoms with Gasteiger partial charge in [0.15, 0.2) is 0 Å². The highest BCUT2D eigenvalue weighted by Crippen LogP contribution is 2.29. The third-order valence-electron chi connectivity index (χ3n) is 2.21. The minimum Gasteiger partial charge on any atom is -0.469 e. The Bertz CT molecular complexity index is 210. The van der Waals surface area contributed by atoms with Gasteiger partial charge < -0.3 is 9.47 Å². The molecule has 1 saturated heterocycles. The van der Waals surface area contributed by atoms with E-state index in [0.717, 1.165) is 12.8 Å². The second-order valence-corrected chi connectivity index (χ2v) is 3.15. The average Bonchev–Trinajstić information content (AvgIpc) is 2.13. The Morgan fingerprint density at radius 1 is 1.62 bits per heavy atom. The van der Waals surface area contributed by atoms with Crippen molar-refractivity contribution in [2.45, 2.75) is 32.3 Å². The van der Waals surface area contributed by atoms with Crippen LogP contribution in [0.15, 0.2) is 0 Å². The van der Waals surface area contributed by atoms with E-state index in [9.17, 15) is 9.59 Å². The second-order valence-electron chi connectivity index (χ2n) is 3.15. The van der Waals surface area contributed by atoms with Crippen molar-refractivity contribution in [1.82, 2.24) is 0 Å². The first-order chi connectivity index (χ1) is 6.19. The largest absolute Gasteiger partial charge is 0.469 e. The highest BCUT2D eigenvalue weighted by atomic mass is 16.6. The molecule has 0 radical (unpaired) electrons. The quantitative estimate of drug-likeness (QED) is 0.612. The molecule has 0 N–H and O–H groups in total. The SMILES string of the molecule is CCC[C@H]1C(=O)O[C@@H]1CC(=O)OC. The fourth-order valence-corrected chi connectivity index (χ4v) is 1.44. The van der Waals surface area contributed by atoms with E-state index in [1.807, 2.05) is 6.92 Å². The van der Waals surface area contributed by atoms with Crippen LogP contribution < -0.4 is 0 Å². The lowest BCUT2D eigenvalue weighted by Crippen LogP contribution is -2.46. The summed E-state index contributed by atoms with van der Waals surface area (Å²) >= 11 is 0. The monoisotopic (exact) mass is 186 g/mol. The lowest BCUT2D eigenvalue weighted by molar-refractivity contribution is -0.188. The molecule has 0 aromatic carbocycles. The van der Waals surface area contributed by atoms with Crippen molar-refractivity contribution in [3.05, 3.63) is 0 Å². The van der Waals surface area contributed by atoms with Crippen molar-refractivity contribution in [2.75, 3.05) is 7.11 Å². The van der Waals surface area contributed by atoms with Gasteiger partial charge in [-0.3, -0.25) is 9.59 Å². The first kappa shape index (κ1) is 10.0. The van der Waals surface area contributed by atoms with Gasteiger partial charge in [0.05, 0.1) is 19.4 Å². The number of hydrogen-bond acceptors (Lipinski definition) is 4. The Balaban J connectivity index is 2.35. The van der Waals surface area contributed by atoms with E-state index in [0.29, 0.717) is 0 Å². The van der Waals surface area contributed by atoms with Gasteiger partial charge in [-0.1, -0.05) is 13.3 Å². The highest BCUT2D eigenvalue weighted by Gasteiger charge is 2.42. The maximum Gasteiger partial charge on any atom is 0.313 e. The van der Waals surface area contributed by atoms with E-state index < -0.39 is 0 Å². The molecule has 0 aromatic heterocycles. The molecular formula is C9H14O4. The standard InChI is InChI=1S/C9H14O4/c1-3-4-6-7(13-9(6)11)5-8(10)12-2/h6-7H,3-5H2,1-2H3/t6-,7-/m1/s1. The molecule has 1 fully saturated rings. The lowest BCUT2D eigenvalue weighted by Gasteiger charge is -2.34. The fourth-order valence-electron chi connectivity index (χ4n) is 1.44. The van der Waals surface area contributed by atoms with Crippen LogP contribution in [0.3, 0.4) is 0 Å². The molecule has 2 atom stereocenters. The zero-order valence-electron chi connectivity index (χ0n) is 7.91. The molecule has 0 unspecified atom stereocenters. The second kappa shape index (κ2) is 4.25. The summed E-state index contributed by atoms with van der Waals surface area (Å²) in [5.74, 6) is -0.599. The minimum atomic E-state index is -0.321. The van der Waals surface area contributed by atoms with E-state index in [2.05, 4.69) is 4.74 Å². The Hall–Kier alpha value is -1.06. The zero-order chi connectivity index (χ0) is 9.84. The molecule has 1 rings (SSSR count). The summed E-state index contributed by atoms with van der Waals surface area (Å²) < 4.78 is 9.33. The van der Waals surface area contributed by atoms with Crippen molar-refractivity contribution in [2.24, 2.45) is 5.92 Å². The topological polar surface area (TPSA) is 52.6 Å². The molecule has 4 heteroatoms. The van der Waals surface area contributed by atoms with Crippen LogP contribution in [0.4, 0.5) is 0 Å². The van der Waals surface area contributed by atoms with E-state index in [1.54, 1.807) is 0 Å². The summed E-state index contributed by atoms with van der Waals surface area (Å²) in [6, 6.07) is 0. The van der Waals surface area contributed by atoms with Crippen LogP contribution in [0.25, 0.3) is 0 Å². The first-order valence-electron chi connectivity index (χ1n) is 4.46. The van der Waals surface area contributed by atoms with E-state index in [4.69, 9.17) is 4.74 Å². The van der Waals surface area contributed by atoms with Crippen LogP contribution in [-0.2, 0) is 19.1 Å². The summed E-state index contributed by atoms with van der Waals surface area (Å²) in [7, 11) is 1.33. The molecule has 0 aromatic rings. The minimum absolute atomic E-state index is 0.0934. The molecular weight excluding hydrogens is 172 g/mol. The third kappa shape index (κ3) is 2.20. The molecule has 74 valence electrons. The predicted octanol–water partition coefficient (Wildman–Crippen LogP) is 0.891. The Morgan fingerprint density at radius 3 is 2.77 bits per heavy atom. The van der Waals surface area contributed by atoms with Crippen LogP contribution in [-0.4, -0.2) is 25.2 Å². The number of carbonyl (C=O) groups is 2. The van der Waals surface area contributed by atoms with E-state index in [-0.39, 0.29) is 30.4 Å². The van der Waals surface area contributed by atoms with Gasteiger partial charge >= 0.3 is 11.9 Å². The summed E-state index contributed by atoms with van der Waals surface area (Å²) in [5, 5.41) is 0. The van der Waals surface area contributed by atoms with Gasteiger partial charge in [-0.05, 0) is 6.42 Å². The zero-order valence-corrected chi connectivity index (χ0v) is 7.91. The van der Waals surface area contributed by atoms with Crippen molar-refractivity contribution >= 4 is 11.9 Å². The van der Waals surface area contributed by atoms with Crippen molar-refractivity contribution in [3.8, 4) is 0 Å². The van der Waals surface area contributed by atoms with Crippen molar-refractivity contribution in [1.29, 1.82) is 0 Å². The summed E-state index contributed by atoms with van der Waals surface area (Å²) in [5.41, 5.74) is 0. The summed E-state index contributed by atoms with van der Waals surface area (Å²) in [4.78, 5) is 21.8. The van der Waals surface area contributed by atoms with Gasteiger partial charge in [0, 0.05) is 0 Å². The highest BCUT2D eigenvalue weighted by molar-refractivity contribution is 5.81. The molecule has 1 heterocycles. The molecule has 0 bridgehead atoms. The summed E-state index contributed by atoms with van der Waals surface area (Å²) in [6.07, 6.45) is 1.66. The van der Waals surface area contributed by atoms with Crippen LogP contribution in [0, 0.1) is 5.92 Å². The van der Waals surface area contributed by atoms with Gasteiger partial charge in [-0.15, -0.1) is 0 Å². The molecule has 4 nitrogen and oxygen atoms in total. The van der Waals surface area contributed by atoms with Gasteiger partial charge in [0.25, 0.3) is 0 Å². The Kier molecular flexibility index (Phi) is 3.28. The van der Waals surface area contributed by atoms with Gasteiger partial charge in [-0.2, -0.15) is 0 Å². The van der Waals surface area contributed by atoms with Crippen LogP contribution in [0.5, 0.6) is 0 Å². The van der Waals surface area contributed by atoms with Crippen LogP contribution in [0.2, 0.25) is 0 Å². The maximum absolute atomic E-state index is 10.9. The third-order valence-corrected chi connectivity index (χ3v) is 2.21. The maximum atomic E-state index is 10.9. The molecule has 0 amide bonds. The molecule has 13 heavy (non-hydrogen) atoms. The number of cyclic esters (lactones) is 1. The number of carbonyl (C=O) groups excluding carboxylic acids is 2. The summed E-state index contributed by atoms with van der Waals surface area (Å²) in [6.45, 7) is 2.00. The van der Waals surface area contributed by atoms with Crippen molar-refractivity contribution < 1.29 is 19.1 Å². The number of esters is 2. The number of rotatable bonds is 4. The predicted molar refractivity (Wildman–Crippen MR) is 44.9 cm³/mol. The Labute approximate surface area is 77.2 Å². The molecule has 0 saturated carbocycles. The van der Waals surface area contributed by atoms with Crippen LogP contribution >= 0.6 is 0 Å².